The molecule has 0 aromatic heterocycles. The number of alkyl halides is 1. The molecule has 1 aliphatic rings. The lowest BCUT2D eigenvalue weighted by Gasteiger charge is -2.31. The van der Waals surface area contributed by atoms with Crippen LogP contribution in [0.2, 0.25) is 0 Å². The van der Waals surface area contributed by atoms with E-state index in [1.807, 2.05) is 0 Å². The first-order valence-electron chi connectivity index (χ1n) is 6.79. The molecule has 0 heterocycles. The molecular weight excluding hydrogens is 292 g/mol. The molecule has 2 aromatic carbocycles. The first-order chi connectivity index (χ1) is 10.5. The molecule has 1 atom stereocenters. The number of benzene rings is 2. The Labute approximate surface area is 125 Å². The standard InChI is InChI=1S/C18H12F4/c19-14-8-3-1-6-12(14)17-16(21)10-5-11-18(17,22)13-7-2-4-9-15(13)20/h1-10H,11H2. The van der Waals surface area contributed by atoms with Crippen molar-refractivity contribution >= 4 is 5.57 Å². The van der Waals surface area contributed by atoms with Crippen LogP contribution in [-0.2, 0) is 5.67 Å². The maximum Gasteiger partial charge on any atom is 0.170 e. The van der Waals surface area contributed by atoms with Crippen LogP contribution in [0.4, 0.5) is 17.6 Å². The van der Waals surface area contributed by atoms with E-state index in [9.17, 15) is 13.2 Å². The highest BCUT2D eigenvalue weighted by molar-refractivity contribution is 5.78. The third-order valence-corrected chi connectivity index (χ3v) is 3.74. The van der Waals surface area contributed by atoms with Gasteiger partial charge >= 0.3 is 0 Å². The monoisotopic (exact) mass is 304 g/mol. The molecule has 2 aromatic rings. The lowest BCUT2D eigenvalue weighted by Crippen LogP contribution is -2.26. The van der Waals surface area contributed by atoms with Gasteiger partial charge in [-0.1, -0.05) is 42.5 Å². The summed E-state index contributed by atoms with van der Waals surface area (Å²) in [5, 5.41) is 0. The van der Waals surface area contributed by atoms with E-state index >= 15 is 4.39 Å². The molecule has 22 heavy (non-hydrogen) atoms. The molecule has 4 heteroatoms. The molecule has 1 aliphatic carbocycles. The molecule has 0 nitrogen and oxygen atoms in total. The Balaban J connectivity index is 2.26. The van der Waals surface area contributed by atoms with E-state index in [4.69, 9.17) is 0 Å². The molecule has 0 spiro atoms. The number of halogens is 4. The van der Waals surface area contributed by atoms with Crippen LogP contribution >= 0.6 is 0 Å². The largest absolute Gasteiger partial charge is 0.233 e. The summed E-state index contributed by atoms with van der Waals surface area (Å²) < 4.78 is 57.9. The molecule has 0 N–H and O–H groups in total. The molecule has 0 amide bonds. The van der Waals surface area contributed by atoms with Gasteiger partial charge in [-0.15, -0.1) is 0 Å². The summed E-state index contributed by atoms with van der Waals surface area (Å²) >= 11 is 0. The molecule has 3 rings (SSSR count). The molecule has 1 unspecified atom stereocenters. The van der Waals surface area contributed by atoms with E-state index in [1.165, 1.54) is 42.5 Å². The van der Waals surface area contributed by atoms with Gasteiger partial charge in [0.15, 0.2) is 5.67 Å². The molecule has 0 radical (unpaired) electrons. The Morgan fingerprint density at radius 2 is 1.45 bits per heavy atom. The van der Waals surface area contributed by atoms with E-state index in [2.05, 4.69) is 0 Å². The van der Waals surface area contributed by atoms with Crippen molar-refractivity contribution in [3.05, 3.63) is 89.3 Å². The van der Waals surface area contributed by atoms with E-state index in [0.717, 1.165) is 18.2 Å². The maximum atomic E-state index is 15.6. The number of hydrogen-bond acceptors (Lipinski definition) is 0. The van der Waals surface area contributed by atoms with Gasteiger partial charge in [-0.2, -0.15) is 0 Å². The fourth-order valence-electron chi connectivity index (χ4n) is 2.73. The van der Waals surface area contributed by atoms with Gasteiger partial charge in [-0.25, -0.2) is 17.6 Å². The highest BCUT2D eigenvalue weighted by atomic mass is 19.2. The van der Waals surface area contributed by atoms with Gasteiger partial charge in [0.2, 0.25) is 0 Å². The molecule has 0 fully saturated rings. The molecule has 0 bridgehead atoms. The Bertz CT molecular complexity index is 776. The number of hydrogen-bond donors (Lipinski definition) is 0. The average Bonchev–Trinajstić information content (AvgIpc) is 2.49. The van der Waals surface area contributed by atoms with E-state index in [0.29, 0.717) is 0 Å². The van der Waals surface area contributed by atoms with Crippen LogP contribution in [-0.4, -0.2) is 0 Å². The van der Waals surface area contributed by atoms with Crippen LogP contribution in [0.15, 0.2) is 66.5 Å². The Kier molecular flexibility index (Phi) is 3.61. The van der Waals surface area contributed by atoms with Crippen LogP contribution < -0.4 is 0 Å². The van der Waals surface area contributed by atoms with Crippen molar-refractivity contribution in [3.63, 3.8) is 0 Å². The van der Waals surface area contributed by atoms with Gasteiger partial charge < -0.3 is 0 Å². The molecule has 0 saturated carbocycles. The van der Waals surface area contributed by atoms with E-state index < -0.39 is 28.7 Å². The zero-order valence-corrected chi connectivity index (χ0v) is 11.5. The highest BCUT2D eigenvalue weighted by Crippen LogP contribution is 2.48. The van der Waals surface area contributed by atoms with Crippen LogP contribution in [0.25, 0.3) is 5.57 Å². The second-order valence-electron chi connectivity index (χ2n) is 5.09. The van der Waals surface area contributed by atoms with Gasteiger partial charge in [0.05, 0.1) is 0 Å². The summed E-state index contributed by atoms with van der Waals surface area (Å²) in [6.45, 7) is 0. The Hall–Kier alpha value is -2.36. The predicted octanol–water partition coefficient (Wildman–Crippen LogP) is 5.47. The van der Waals surface area contributed by atoms with Crippen molar-refractivity contribution in [2.24, 2.45) is 0 Å². The second-order valence-corrected chi connectivity index (χ2v) is 5.09. The van der Waals surface area contributed by atoms with Gasteiger partial charge in [-0.3, -0.25) is 0 Å². The molecule has 112 valence electrons. The average molecular weight is 304 g/mol. The summed E-state index contributed by atoms with van der Waals surface area (Å²) in [5.41, 5.74) is -3.42. The quantitative estimate of drug-likeness (QED) is 0.645. The van der Waals surface area contributed by atoms with Gasteiger partial charge in [-0.05, 0) is 18.2 Å². The van der Waals surface area contributed by atoms with Crippen molar-refractivity contribution < 1.29 is 17.6 Å². The normalized spacial score (nSPS) is 21.3. The molecule has 0 aliphatic heterocycles. The Morgan fingerprint density at radius 3 is 2.14 bits per heavy atom. The predicted molar refractivity (Wildman–Crippen MR) is 77.4 cm³/mol. The van der Waals surface area contributed by atoms with Crippen LogP contribution in [0.5, 0.6) is 0 Å². The van der Waals surface area contributed by atoms with Crippen molar-refractivity contribution in [2.45, 2.75) is 12.1 Å². The number of allylic oxidation sites excluding steroid dienone is 4. The van der Waals surface area contributed by atoms with Crippen molar-refractivity contribution in [3.8, 4) is 0 Å². The minimum Gasteiger partial charge on any atom is -0.233 e. The van der Waals surface area contributed by atoms with Gasteiger partial charge in [0.25, 0.3) is 0 Å². The maximum absolute atomic E-state index is 15.6. The SMILES string of the molecule is FC1=C(c2ccccc2F)C(F)(c2ccccc2F)CC=C1. The summed E-state index contributed by atoms with van der Waals surface area (Å²) in [7, 11) is 0. The van der Waals surface area contributed by atoms with Crippen LogP contribution in [0.3, 0.4) is 0 Å². The zero-order valence-electron chi connectivity index (χ0n) is 11.5. The minimum absolute atomic E-state index is 0.199. The minimum atomic E-state index is -2.45. The highest BCUT2D eigenvalue weighted by Gasteiger charge is 2.42. The summed E-state index contributed by atoms with van der Waals surface area (Å²) in [6, 6.07) is 10.6. The van der Waals surface area contributed by atoms with Crippen molar-refractivity contribution in [1.82, 2.24) is 0 Å². The first kappa shape index (κ1) is 14.6. The number of rotatable bonds is 2. The summed E-state index contributed by atoms with van der Waals surface area (Å²) in [6.07, 6.45) is 2.11. The Morgan fingerprint density at radius 1 is 0.818 bits per heavy atom. The second kappa shape index (κ2) is 5.44. The van der Waals surface area contributed by atoms with Crippen molar-refractivity contribution in [1.29, 1.82) is 0 Å². The third-order valence-electron chi connectivity index (χ3n) is 3.74. The van der Waals surface area contributed by atoms with Crippen molar-refractivity contribution in [2.75, 3.05) is 0 Å². The smallest absolute Gasteiger partial charge is 0.170 e. The summed E-state index contributed by atoms with van der Waals surface area (Å²) in [4.78, 5) is 0. The van der Waals surface area contributed by atoms with Gasteiger partial charge in [0, 0.05) is 23.1 Å². The lowest BCUT2D eigenvalue weighted by atomic mass is 9.78. The van der Waals surface area contributed by atoms with Crippen LogP contribution in [0.1, 0.15) is 17.5 Å². The van der Waals surface area contributed by atoms with Gasteiger partial charge in [0.1, 0.15) is 17.5 Å². The lowest BCUT2D eigenvalue weighted by molar-refractivity contribution is 0.236. The molecular formula is C18H12F4. The van der Waals surface area contributed by atoms with Crippen LogP contribution in [0, 0.1) is 11.6 Å². The fraction of sp³-hybridized carbons (Fsp3) is 0.111. The third kappa shape index (κ3) is 2.25. The fourth-order valence-corrected chi connectivity index (χ4v) is 2.73. The topological polar surface area (TPSA) is 0 Å². The van der Waals surface area contributed by atoms with E-state index in [1.54, 1.807) is 0 Å². The molecule has 0 saturated heterocycles. The van der Waals surface area contributed by atoms with E-state index in [-0.39, 0.29) is 17.5 Å². The first-order valence-corrected chi connectivity index (χ1v) is 6.79. The summed E-state index contributed by atoms with van der Waals surface area (Å²) in [5.74, 6) is -2.44. The zero-order chi connectivity index (χ0) is 15.7.